The molecule has 1 saturated carbocycles. The molecule has 180 valence electrons. The first-order valence-electron chi connectivity index (χ1n) is 9.84. The summed E-state index contributed by atoms with van der Waals surface area (Å²) in [5.41, 5.74) is -0.773. The van der Waals surface area contributed by atoms with E-state index < -0.39 is 55.8 Å². The van der Waals surface area contributed by atoms with Gasteiger partial charge >= 0.3 is 12.4 Å². The highest BCUT2D eigenvalue weighted by Crippen LogP contribution is 2.69. The second kappa shape index (κ2) is 7.16. The summed E-state index contributed by atoms with van der Waals surface area (Å²) in [5.74, 6) is -1.80. The lowest BCUT2D eigenvalue weighted by Gasteiger charge is -2.34. The molecule has 0 aromatic heterocycles. The van der Waals surface area contributed by atoms with Gasteiger partial charge in [-0.1, -0.05) is 18.2 Å². The highest BCUT2D eigenvalue weighted by atomic mass is 32.2. The molecule has 0 aliphatic heterocycles. The molecule has 2 aliphatic rings. The Hall–Kier alpha value is -2.18. The van der Waals surface area contributed by atoms with Gasteiger partial charge in [-0.3, -0.25) is 0 Å². The van der Waals surface area contributed by atoms with E-state index in [1.54, 1.807) is 0 Å². The molecule has 2 aliphatic carbocycles. The fourth-order valence-electron chi connectivity index (χ4n) is 5.22. The summed E-state index contributed by atoms with van der Waals surface area (Å²) in [4.78, 5) is -0.233. The van der Waals surface area contributed by atoms with Gasteiger partial charge in [0.05, 0.1) is 4.90 Å². The van der Waals surface area contributed by atoms with Gasteiger partial charge in [-0.05, 0) is 60.7 Å². The third kappa shape index (κ3) is 3.06. The Morgan fingerprint density at radius 2 is 1.58 bits per heavy atom. The van der Waals surface area contributed by atoms with Crippen LogP contribution in [0.5, 0.6) is 0 Å². The number of halogens is 7. The van der Waals surface area contributed by atoms with E-state index in [9.17, 15) is 44.3 Å². The van der Waals surface area contributed by atoms with Crippen LogP contribution in [-0.4, -0.2) is 32.4 Å². The zero-order valence-corrected chi connectivity index (χ0v) is 17.5. The Labute approximate surface area is 184 Å². The largest absolute Gasteiger partial charge is 0.430 e. The lowest BCUT2D eigenvalue weighted by atomic mass is 9.84. The van der Waals surface area contributed by atoms with E-state index in [1.165, 1.54) is 0 Å². The number of aryl methyl sites for hydroxylation is 1. The van der Waals surface area contributed by atoms with Crippen molar-refractivity contribution in [3.8, 4) is 0 Å². The molecule has 0 spiro atoms. The lowest BCUT2D eigenvalue weighted by molar-refractivity contribution is -0.376. The van der Waals surface area contributed by atoms with Crippen molar-refractivity contribution in [1.82, 2.24) is 0 Å². The molecule has 0 heterocycles. The number of alkyl halides is 6. The summed E-state index contributed by atoms with van der Waals surface area (Å²) in [6.07, 6.45) is -12.0. The first-order chi connectivity index (χ1) is 15.1. The van der Waals surface area contributed by atoms with Gasteiger partial charge < -0.3 is 10.8 Å². The summed E-state index contributed by atoms with van der Waals surface area (Å²) in [6.45, 7) is -0.0820. The van der Waals surface area contributed by atoms with Crippen molar-refractivity contribution in [1.29, 1.82) is 0 Å². The number of rotatable bonds is 4. The molecular weight excluding hydrogens is 479 g/mol. The van der Waals surface area contributed by atoms with Gasteiger partial charge in [0.25, 0.3) is 5.60 Å². The van der Waals surface area contributed by atoms with E-state index in [0.29, 0.717) is 12.1 Å². The van der Waals surface area contributed by atoms with Crippen LogP contribution in [0, 0.1) is 17.7 Å². The van der Waals surface area contributed by atoms with Crippen molar-refractivity contribution in [3.05, 3.63) is 65.0 Å². The molecule has 0 radical (unpaired) electrons. The van der Waals surface area contributed by atoms with E-state index in [0.717, 1.165) is 30.3 Å². The smallest absolute Gasteiger partial charge is 0.369 e. The van der Waals surface area contributed by atoms with Gasteiger partial charge in [0, 0.05) is 11.5 Å². The SMILES string of the molecule is NCC1C2CCc3cc(C(O)(C(F)(F)F)C(F)(F)F)ccc3C12S(=O)(=O)c1ccc(F)cc1. The van der Waals surface area contributed by atoms with Crippen LogP contribution in [0.2, 0.25) is 0 Å². The first-order valence-corrected chi connectivity index (χ1v) is 11.3. The Balaban J connectivity index is 1.91. The topological polar surface area (TPSA) is 80.4 Å². The molecule has 0 saturated heterocycles. The maximum absolute atomic E-state index is 13.6. The minimum atomic E-state index is -6.06. The number of nitrogens with two attached hydrogens (primary N) is 1. The number of aliphatic hydroxyl groups is 1. The fourth-order valence-corrected chi connectivity index (χ4v) is 7.87. The van der Waals surface area contributed by atoms with Crippen molar-refractivity contribution in [2.75, 3.05) is 6.54 Å². The highest BCUT2D eigenvalue weighted by molar-refractivity contribution is 7.92. The molecule has 4 rings (SSSR count). The molecule has 0 bridgehead atoms. The van der Waals surface area contributed by atoms with Gasteiger partial charge in [0.2, 0.25) is 0 Å². The zero-order valence-electron chi connectivity index (χ0n) is 16.7. The molecule has 1 fully saturated rings. The quantitative estimate of drug-likeness (QED) is 0.495. The van der Waals surface area contributed by atoms with Crippen LogP contribution in [0.15, 0.2) is 47.4 Å². The van der Waals surface area contributed by atoms with Gasteiger partial charge in [0.15, 0.2) is 9.84 Å². The normalized spacial score (nSPS) is 25.4. The monoisotopic (exact) mass is 497 g/mol. The molecular formula is C21H18F7NO3S. The molecule has 0 amide bonds. The lowest BCUT2D eigenvalue weighted by Crippen LogP contribution is -2.54. The Morgan fingerprint density at radius 1 is 1.00 bits per heavy atom. The van der Waals surface area contributed by atoms with Crippen LogP contribution >= 0.6 is 0 Å². The van der Waals surface area contributed by atoms with Crippen LogP contribution in [-0.2, 0) is 26.6 Å². The first kappa shape index (κ1) is 24.0. The summed E-state index contributed by atoms with van der Waals surface area (Å²) in [5, 5.41) is 9.74. The van der Waals surface area contributed by atoms with Crippen molar-refractivity contribution >= 4 is 9.84 Å². The van der Waals surface area contributed by atoms with E-state index in [-0.39, 0.29) is 35.4 Å². The molecule has 2 aromatic carbocycles. The number of benzene rings is 2. The third-order valence-corrected chi connectivity index (χ3v) is 9.40. The summed E-state index contributed by atoms with van der Waals surface area (Å²) < 4.78 is 119. The van der Waals surface area contributed by atoms with Crippen molar-refractivity contribution in [3.63, 3.8) is 0 Å². The van der Waals surface area contributed by atoms with Crippen molar-refractivity contribution in [2.45, 2.75) is 40.4 Å². The zero-order chi connectivity index (χ0) is 24.6. The fraction of sp³-hybridized carbons (Fsp3) is 0.429. The van der Waals surface area contributed by atoms with Crippen molar-refractivity contribution in [2.24, 2.45) is 17.6 Å². The minimum Gasteiger partial charge on any atom is -0.369 e. The standard InChI is InChI=1S/C21H18F7NO3S/c22-13-3-5-14(6-4-13)33(31,32)18-15-8-2-12(19(30,20(23,24)25)21(26,27)28)9-11(15)1-7-16(18)17(18)10-29/h2-6,8-9,16-17,30H,1,7,10,29H2. The number of sulfone groups is 1. The van der Waals surface area contributed by atoms with Crippen LogP contribution < -0.4 is 5.73 Å². The van der Waals surface area contributed by atoms with E-state index >= 15 is 0 Å². The average Bonchev–Trinajstić information content (AvgIpc) is 3.41. The third-order valence-electron chi connectivity index (χ3n) is 6.79. The van der Waals surface area contributed by atoms with E-state index in [4.69, 9.17) is 5.73 Å². The average molecular weight is 497 g/mol. The summed E-state index contributed by atoms with van der Waals surface area (Å²) >= 11 is 0. The molecule has 2 aromatic rings. The molecule has 4 nitrogen and oxygen atoms in total. The van der Waals surface area contributed by atoms with Crippen LogP contribution in [0.3, 0.4) is 0 Å². The maximum Gasteiger partial charge on any atom is 0.430 e. The highest BCUT2D eigenvalue weighted by Gasteiger charge is 2.75. The number of hydrogen-bond donors (Lipinski definition) is 2. The van der Waals surface area contributed by atoms with Crippen LogP contribution in [0.25, 0.3) is 0 Å². The van der Waals surface area contributed by atoms with Gasteiger partial charge in [-0.15, -0.1) is 0 Å². The maximum atomic E-state index is 13.6. The van der Waals surface area contributed by atoms with Gasteiger partial charge in [-0.2, -0.15) is 26.3 Å². The van der Waals surface area contributed by atoms with Crippen LogP contribution in [0.4, 0.5) is 30.7 Å². The van der Waals surface area contributed by atoms with Gasteiger partial charge in [-0.25, -0.2) is 12.8 Å². The van der Waals surface area contributed by atoms with Crippen molar-refractivity contribution < 1.29 is 44.3 Å². The predicted molar refractivity (Wildman–Crippen MR) is 102 cm³/mol. The summed E-state index contributed by atoms with van der Waals surface area (Å²) in [7, 11) is -4.24. The molecule has 12 heteroatoms. The Bertz CT molecular complexity index is 1170. The Kier molecular flexibility index (Phi) is 5.20. The Morgan fingerprint density at radius 3 is 2.09 bits per heavy atom. The molecule has 3 N–H and O–H groups in total. The number of fused-ring (bicyclic) bond motifs is 3. The number of hydrogen-bond acceptors (Lipinski definition) is 4. The second-order valence-electron chi connectivity index (χ2n) is 8.32. The van der Waals surface area contributed by atoms with E-state index in [2.05, 4.69) is 0 Å². The summed E-state index contributed by atoms with van der Waals surface area (Å²) in [6, 6.07) is 5.91. The predicted octanol–water partition coefficient (Wildman–Crippen LogP) is 3.96. The second-order valence-corrected chi connectivity index (χ2v) is 10.5. The molecule has 3 atom stereocenters. The minimum absolute atomic E-state index is 0.0107. The molecule has 33 heavy (non-hydrogen) atoms. The molecule has 3 unspecified atom stereocenters. The van der Waals surface area contributed by atoms with Gasteiger partial charge in [0.1, 0.15) is 10.6 Å². The van der Waals surface area contributed by atoms with Crippen LogP contribution in [0.1, 0.15) is 23.1 Å². The van der Waals surface area contributed by atoms with E-state index in [1.807, 2.05) is 0 Å².